The molecule has 1 amide bonds. The molecule has 84 valence electrons. The molecule has 0 aliphatic rings. The molecule has 0 saturated carbocycles. The van der Waals surface area contributed by atoms with E-state index in [9.17, 15) is 4.79 Å². The molecule has 0 radical (unpaired) electrons. The molecule has 2 N–H and O–H groups in total. The number of anilines is 1. The lowest BCUT2D eigenvalue weighted by Crippen LogP contribution is -2.13. The minimum Gasteiger partial charge on any atom is -0.326 e. The Bertz CT molecular complexity index is 398. The Balaban J connectivity index is 2.43. The van der Waals surface area contributed by atoms with Crippen LogP contribution in [0, 0.1) is 11.8 Å². The lowest BCUT2D eigenvalue weighted by molar-refractivity contribution is -0.114. The largest absolute Gasteiger partial charge is 0.326 e. The van der Waals surface area contributed by atoms with Crippen molar-refractivity contribution in [2.75, 3.05) is 11.9 Å². The first-order valence-electron chi connectivity index (χ1n) is 5.19. The van der Waals surface area contributed by atoms with Crippen LogP contribution in [0.2, 0.25) is 0 Å². The third kappa shape index (κ3) is 4.63. The maximum Gasteiger partial charge on any atom is 0.221 e. The van der Waals surface area contributed by atoms with Gasteiger partial charge in [0.1, 0.15) is 0 Å². The van der Waals surface area contributed by atoms with Crippen LogP contribution in [-0.2, 0) is 11.3 Å². The fraction of sp³-hybridized carbons (Fsp3) is 0.308. The molecule has 0 bridgehead atoms. The van der Waals surface area contributed by atoms with Gasteiger partial charge in [0.05, 0.1) is 6.54 Å². The predicted octanol–water partition coefficient (Wildman–Crippen LogP) is 1.76. The molecule has 3 nitrogen and oxygen atoms in total. The maximum atomic E-state index is 10.8. The van der Waals surface area contributed by atoms with Gasteiger partial charge in [0.15, 0.2) is 0 Å². The van der Waals surface area contributed by atoms with Gasteiger partial charge in [0.2, 0.25) is 5.91 Å². The molecule has 1 aromatic rings. The number of carbonyl (C=O) groups excluding carboxylic acids is 1. The van der Waals surface area contributed by atoms with Gasteiger partial charge in [0, 0.05) is 19.2 Å². The second-order valence-corrected chi connectivity index (χ2v) is 3.41. The molecule has 1 aromatic carbocycles. The van der Waals surface area contributed by atoms with E-state index in [1.54, 1.807) is 0 Å². The molecule has 0 aliphatic heterocycles. The van der Waals surface area contributed by atoms with Crippen LogP contribution in [0.4, 0.5) is 5.69 Å². The molecule has 0 heterocycles. The fourth-order valence-electron chi connectivity index (χ4n) is 1.27. The van der Waals surface area contributed by atoms with Gasteiger partial charge in [-0.25, -0.2) is 0 Å². The van der Waals surface area contributed by atoms with Crippen molar-refractivity contribution in [1.82, 2.24) is 5.32 Å². The normalized spacial score (nSPS) is 9.12. The van der Waals surface area contributed by atoms with Crippen LogP contribution in [0.1, 0.15) is 19.4 Å². The third-order valence-corrected chi connectivity index (χ3v) is 1.99. The number of carbonyl (C=O) groups is 1. The average molecular weight is 216 g/mol. The highest BCUT2D eigenvalue weighted by molar-refractivity contribution is 5.88. The van der Waals surface area contributed by atoms with Crippen molar-refractivity contribution in [1.29, 1.82) is 0 Å². The van der Waals surface area contributed by atoms with E-state index >= 15 is 0 Å². The molecule has 0 spiro atoms. The first-order chi connectivity index (χ1) is 7.72. The van der Waals surface area contributed by atoms with Crippen molar-refractivity contribution in [2.24, 2.45) is 0 Å². The number of rotatable bonds is 4. The SMILES string of the molecule is CC#CCNCc1ccc(NC(C)=O)cc1. The highest BCUT2D eigenvalue weighted by atomic mass is 16.1. The molecule has 0 fully saturated rings. The summed E-state index contributed by atoms with van der Waals surface area (Å²) in [6.45, 7) is 4.81. The van der Waals surface area contributed by atoms with Crippen LogP contribution in [0.25, 0.3) is 0 Å². The topological polar surface area (TPSA) is 41.1 Å². The molecule has 16 heavy (non-hydrogen) atoms. The Labute approximate surface area is 96.2 Å². The second-order valence-electron chi connectivity index (χ2n) is 3.41. The summed E-state index contributed by atoms with van der Waals surface area (Å²) in [5.41, 5.74) is 2.00. The summed E-state index contributed by atoms with van der Waals surface area (Å²) in [7, 11) is 0. The number of nitrogens with one attached hydrogen (secondary N) is 2. The van der Waals surface area contributed by atoms with Gasteiger partial charge in [-0.05, 0) is 24.6 Å². The summed E-state index contributed by atoms with van der Waals surface area (Å²) in [6.07, 6.45) is 0. The Hall–Kier alpha value is -1.79. The Morgan fingerprint density at radius 3 is 2.56 bits per heavy atom. The number of benzene rings is 1. The molecule has 0 unspecified atom stereocenters. The van der Waals surface area contributed by atoms with E-state index in [-0.39, 0.29) is 5.91 Å². The minimum atomic E-state index is -0.0518. The van der Waals surface area contributed by atoms with Gasteiger partial charge in [-0.15, -0.1) is 5.92 Å². The molecule has 3 heteroatoms. The van der Waals surface area contributed by atoms with Gasteiger partial charge >= 0.3 is 0 Å². The van der Waals surface area contributed by atoms with E-state index in [1.165, 1.54) is 12.5 Å². The Kier molecular flexibility index (Phi) is 5.10. The summed E-state index contributed by atoms with van der Waals surface area (Å²) < 4.78 is 0. The van der Waals surface area contributed by atoms with Gasteiger partial charge in [0.25, 0.3) is 0 Å². The first-order valence-corrected chi connectivity index (χ1v) is 5.19. The number of hydrogen-bond donors (Lipinski definition) is 2. The second kappa shape index (κ2) is 6.65. The van der Waals surface area contributed by atoms with Crippen molar-refractivity contribution < 1.29 is 4.79 Å². The van der Waals surface area contributed by atoms with Gasteiger partial charge in [-0.3, -0.25) is 4.79 Å². The molecular weight excluding hydrogens is 200 g/mol. The molecule has 0 atom stereocenters. The van der Waals surface area contributed by atoms with Crippen LogP contribution in [0.5, 0.6) is 0 Å². The average Bonchev–Trinajstić information content (AvgIpc) is 2.26. The van der Waals surface area contributed by atoms with E-state index in [4.69, 9.17) is 0 Å². The Morgan fingerprint density at radius 1 is 1.31 bits per heavy atom. The highest BCUT2D eigenvalue weighted by Crippen LogP contribution is 2.08. The summed E-state index contributed by atoms with van der Waals surface area (Å²) in [4.78, 5) is 10.8. The summed E-state index contributed by atoms with van der Waals surface area (Å²) in [5.74, 6) is 5.71. The monoisotopic (exact) mass is 216 g/mol. The van der Waals surface area contributed by atoms with Crippen molar-refractivity contribution >= 4 is 11.6 Å². The standard InChI is InChI=1S/C13H16N2O/c1-3-4-9-14-10-12-5-7-13(8-6-12)15-11(2)16/h5-8,14H,9-10H2,1-2H3,(H,15,16). The molecular formula is C13H16N2O. The van der Waals surface area contributed by atoms with Gasteiger partial charge < -0.3 is 10.6 Å². The summed E-state index contributed by atoms with van der Waals surface area (Å²) in [6, 6.07) is 7.75. The molecule has 0 saturated heterocycles. The lowest BCUT2D eigenvalue weighted by Gasteiger charge is -2.04. The minimum absolute atomic E-state index is 0.0518. The smallest absolute Gasteiger partial charge is 0.221 e. The summed E-state index contributed by atoms with van der Waals surface area (Å²) >= 11 is 0. The zero-order chi connectivity index (χ0) is 11.8. The zero-order valence-electron chi connectivity index (χ0n) is 9.63. The van der Waals surface area contributed by atoms with Crippen molar-refractivity contribution in [3.05, 3.63) is 29.8 Å². The van der Waals surface area contributed by atoms with Crippen molar-refractivity contribution in [3.63, 3.8) is 0 Å². The maximum absolute atomic E-state index is 10.8. The molecule has 0 aromatic heterocycles. The van der Waals surface area contributed by atoms with E-state index in [0.29, 0.717) is 6.54 Å². The van der Waals surface area contributed by atoms with Gasteiger partial charge in [-0.2, -0.15) is 0 Å². The van der Waals surface area contributed by atoms with Crippen LogP contribution < -0.4 is 10.6 Å². The quantitative estimate of drug-likeness (QED) is 0.595. The lowest BCUT2D eigenvalue weighted by atomic mass is 10.2. The molecule has 0 aliphatic carbocycles. The van der Waals surface area contributed by atoms with Gasteiger partial charge in [-0.1, -0.05) is 18.1 Å². The van der Waals surface area contributed by atoms with Crippen LogP contribution in [-0.4, -0.2) is 12.5 Å². The Morgan fingerprint density at radius 2 is 2.00 bits per heavy atom. The van der Waals surface area contributed by atoms with Crippen LogP contribution in [0.3, 0.4) is 0 Å². The van der Waals surface area contributed by atoms with E-state index in [2.05, 4.69) is 22.5 Å². The first kappa shape index (κ1) is 12.3. The van der Waals surface area contributed by atoms with Crippen molar-refractivity contribution in [3.8, 4) is 11.8 Å². The number of hydrogen-bond acceptors (Lipinski definition) is 2. The van der Waals surface area contributed by atoms with E-state index in [1.807, 2.05) is 31.2 Å². The van der Waals surface area contributed by atoms with E-state index in [0.717, 1.165) is 12.2 Å². The third-order valence-electron chi connectivity index (χ3n) is 1.99. The highest BCUT2D eigenvalue weighted by Gasteiger charge is 1.95. The number of amides is 1. The van der Waals surface area contributed by atoms with Crippen molar-refractivity contribution in [2.45, 2.75) is 20.4 Å². The van der Waals surface area contributed by atoms with Crippen LogP contribution >= 0.6 is 0 Å². The predicted molar refractivity (Wildman–Crippen MR) is 65.9 cm³/mol. The fourth-order valence-corrected chi connectivity index (χ4v) is 1.27. The zero-order valence-corrected chi connectivity index (χ0v) is 9.63. The van der Waals surface area contributed by atoms with Crippen LogP contribution in [0.15, 0.2) is 24.3 Å². The van der Waals surface area contributed by atoms with E-state index < -0.39 is 0 Å². The summed E-state index contributed by atoms with van der Waals surface area (Å²) in [5, 5.41) is 5.93. The molecule has 1 rings (SSSR count).